The SMILES string of the molecule is O=C1/C(=C\c2cccs2)NC(=S)N1C[C@@H]1CCCO1. The number of carbonyl (C=O) groups is 1. The zero-order chi connectivity index (χ0) is 13.2. The molecule has 100 valence electrons. The third kappa shape index (κ3) is 2.70. The minimum absolute atomic E-state index is 0.0612. The van der Waals surface area contributed by atoms with Gasteiger partial charge in [0.15, 0.2) is 5.11 Å². The van der Waals surface area contributed by atoms with Crippen LogP contribution in [-0.4, -0.2) is 35.2 Å². The largest absolute Gasteiger partial charge is 0.376 e. The monoisotopic (exact) mass is 294 g/mol. The number of nitrogens with zero attached hydrogens (tertiary/aromatic N) is 1. The van der Waals surface area contributed by atoms with E-state index in [9.17, 15) is 4.79 Å². The van der Waals surface area contributed by atoms with Crippen LogP contribution in [0.1, 0.15) is 17.7 Å². The molecule has 6 heteroatoms. The maximum atomic E-state index is 12.3. The number of amides is 1. The quantitative estimate of drug-likeness (QED) is 0.684. The lowest BCUT2D eigenvalue weighted by molar-refractivity contribution is -0.123. The number of hydrogen-bond acceptors (Lipinski definition) is 4. The van der Waals surface area contributed by atoms with Gasteiger partial charge >= 0.3 is 0 Å². The lowest BCUT2D eigenvalue weighted by atomic mass is 10.2. The average Bonchev–Trinajstić information content (AvgIpc) is 3.10. The van der Waals surface area contributed by atoms with Crippen LogP contribution in [-0.2, 0) is 9.53 Å². The summed E-state index contributed by atoms with van der Waals surface area (Å²) in [5.74, 6) is -0.0612. The predicted octanol–water partition coefficient (Wildman–Crippen LogP) is 1.98. The normalized spacial score (nSPS) is 25.4. The topological polar surface area (TPSA) is 41.6 Å². The van der Waals surface area contributed by atoms with Gasteiger partial charge < -0.3 is 10.1 Å². The molecule has 0 spiro atoms. The Labute approximate surface area is 121 Å². The van der Waals surface area contributed by atoms with Crippen LogP contribution in [0.3, 0.4) is 0 Å². The Kier molecular flexibility index (Phi) is 3.63. The lowest BCUT2D eigenvalue weighted by Crippen LogP contribution is -2.37. The molecular weight excluding hydrogens is 280 g/mol. The first-order valence-corrected chi connectivity index (χ1v) is 7.52. The Hall–Kier alpha value is -1.24. The zero-order valence-electron chi connectivity index (χ0n) is 10.3. The Balaban J connectivity index is 1.73. The van der Waals surface area contributed by atoms with E-state index >= 15 is 0 Å². The molecule has 1 aromatic rings. The van der Waals surface area contributed by atoms with E-state index < -0.39 is 0 Å². The van der Waals surface area contributed by atoms with Gasteiger partial charge in [-0.2, -0.15) is 0 Å². The van der Waals surface area contributed by atoms with Crippen molar-refractivity contribution in [3.63, 3.8) is 0 Å². The highest BCUT2D eigenvalue weighted by molar-refractivity contribution is 7.80. The zero-order valence-corrected chi connectivity index (χ0v) is 11.9. The van der Waals surface area contributed by atoms with E-state index in [1.54, 1.807) is 16.2 Å². The van der Waals surface area contributed by atoms with Crippen LogP contribution in [0, 0.1) is 0 Å². The molecule has 0 bridgehead atoms. The van der Waals surface area contributed by atoms with Crippen LogP contribution in [0.4, 0.5) is 0 Å². The lowest BCUT2D eigenvalue weighted by Gasteiger charge is -2.18. The minimum atomic E-state index is -0.0612. The second kappa shape index (κ2) is 5.40. The van der Waals surface area contributed by atoms with E-state index in [0.717, 1.165) is 24.3 Å². The van der Waals surface area contributed by atoms with Crippen molar-refractivity contribution in [2.75, 3.05) is 13.2 Å². The molecule has 0 aliphatic carbocycles. The van der Waals surface area contributed by atoms with Gasteiger partial charge in [0.1, 0.15) is 5.70 Å². The van der Waals surface area contributed by atoms with E-state index in [0.29, 0.717) is 17.4 Å². The molecule has 4 nitrogen and oxygen atoms in total. The Morgan fingerprint density at radius 2 is 2.53 bits per heavy atom. The minimum Gasteiger partial charge on any atom is -0.376 e. The number of ether oxygens (including phenoxy) is 1. The molecular formula is C13H14N2O2S2. The van der Waals surface area contributed by atoms with Gasteiger partial charge in [0.2, 0.25) is 0 Å². The molecule has 0 saturated carbocycles. The van der Waals surface area contributed by atoms with E-state index in [2.05, 4.69) is 5.32 Å². The van der Waals surface area contributed by atoms with Gasteiger partial charge in [-0.1, -0.05) is 6.07 Å². The van der Waals surface area contributed by atoms with Gasteiger partial charge in [0.25, 0.3) is 5.91 Å². The van der Waals surface area contributed by atoms with Crippen LogP contribution in [0.25, 0.3) is 6.08 Å². The van der Waals surface area contributed by atoms with E-state index in [-0.39, 0.29) is 12.0 Å². The summed E-state index contributed by atoms with van der Waals surface area (Å²) in [5.41, 5.74) is 0.547. The number of carbonyl (C=O) groups excluding carboxylic acids is 1. The van der Waals surface area contributed by atoms with Gasteiger partial charge in [-0.05, 0) is 42.6 Å². The smallest absolute Gasteiger partial charge is 0.276 e. The summed E-state index contributed by atoms with van der Waals surface area (Å²) in [6.45, 7) is 1.33. The summed E-state index contributed by atoms with van der Waals surface area (Å²) >= 11 is 6.82. The van der Waals surface area contributed by atoms with E-state index in [4.69, 9.17) is 17.0 Å². The van der Waals surface area contributed by atoms with Crippen molar-refractivity contribution in [3.05, 3.63) is 28.1 Å². The van der Waals surface area contributed by atoms with Crippen LogP contribution >= 0.6 is 23.6 Å². The second-order valence-electron chi connectivity index (χ2n) is 4.55. The predicted molar refractivity (Wildman–Crippen MR) is 78.7 cm³/mol. The molecule has 2 saturated heterocycles. The van der Waals surface area contributed by atoms with Gasteiger partial charge in [0.05, 0.1) is 12.6 Å². The maximum Gasteiger partial charge on any atom is 0.276 e. The molecule has 2 fully saturated rings. The maximum absolute atomic E-state index is 12.3. The van der Waals surface area contributed by atoms with Gasteiger partial charge in [-0.3, -0.25) is 9.69 Å². The standard InChI is InChI=1S/C13H14N2O2S2/c16-12-11(7-10-4-2-6-19-10)14-13(18)15(12)8-9-3-1-5-17-9/h2,4,6-7,9H,1,3,5,8H2,(H,14,18)/b11-7+/t9-/m0/s1. The molecule has 0 radical (unpaired) electrons. The fraction of sp³-hybridized carbons (Fsp3) is 0.385. The Morgan fingerprint density at radius 3 is 3.21 bits per heavy atom. The van der Waals surface area contributed by atoms with Crippen molar-refractivity contribution in [1.82, 2.24) is 10.2 Å². The molecule has 1 aromatic heterocycles. The van der Waals surface area contributed by atoms with Crippen molar-refractivity contribution < 1.29 is 9.53 Å². The average molecular weight is 294 g/mol. The highest BCUT2D eigenvalue weighted by Crippen LogP contribution is 2.20. The molecule has 2 aliphatic heterocycles. The van der Waals surface area contributed by atoms with Gasteiger partial charge in [-0.25, -0.2) is 0 Å². The molecule has 2 aliphatic rings. The first kappa shape index (κ1) is 12.8. The fourth-order valence-electron chi connectivity index (χ4n) is 2.25. The molecule has 1 atom stereocenters. The summed E-state index contributed by atoms with van der Waals surface area (Å²) in [5, 5.41) is 5.44. The van der Waals surface area contributed by atoms with Gasteiger partial charge in [-0.15, -0.1) is 11.3 Å². The fourth-order valence-corrected chi connectivity index (χ4v) is 3.17. The van der Waals surface area contributed by atoms with E-state index in [1.165, 1.54) is 0 Å². The molecule has 1 amide bonds. The summed E-state index contributed by atoms with van der Waals surface area (Å²) in [6, 6.07) is 3.93. The summed E-state index contributed by atoms with van der Waals surface area (Å²) in [4.78, 5) is 14.9. The van der Waals surface area contributed by atoms with Crippen molar-refractivity contribution in [3.8, 4) is 0 Å². The van der Waals surface area contributed by atoms with E-state index in [1.807, 2.05) is 23.6 Å². The van der Waals surface area contributed by atoms with Crippen LogP contribution in [0.5, 0.6) is 0 Å². The molecule has 19 heavy (non-hydrogen) atoms. The van der Waals surface area contributed by atoms with Crippen LogP contribution in [0.2, 0.25) is 0 Å². The molecule has 1 N–H and O–H groups in total. The Bertz CT molecular complexity index is 519. The van der Waals surface area contributed by atoms with Crippen molar-refractivity contribution >= 4 is 40.7 Å². The molecule has 0 aromatic carbocycles. The van der Waals surface area contributed by atoms with Crippen molar-refractivity contribution in [2.24, 2.45) is 0 Å². The summed E-state index contributed by atoms with van der Waals surface area (Å²) in [7, 11) is 0. The summed E-state index contributed by atoms with van der Waals surface area (Å²) in [6.07, 6.45) is 4.01. The number of rotatable bonds is 3. The number of thiocarbonyl (C=S) groups is 1. The van der Waals surface area contributed by atoms with Crippen LogP contribution < -0.4 is 5.32 Å². The van der Waals surface area contributed by atoms with Crippen molar-refractivity contribution in [2.45, 2.75) is 18.9 Å². The number of hydrogen-bond donors (Lipinski definition) is 1. The van der Waals surface area contributed by atoms with Gasteiger partial charge in [0, 0.05) is 11.5 Å². The number of thiophene rings is 1. The highest BCUT2D eigenvalue weighted by Gasteiger charge is 2.33. The first-order chi connectivity index (χ1) is 9.24. The number of nitrogens with one attached hydrogen (secondary N) is 1. The third-order valence-electron chi connectivity index (χ3n) is 3.20. The first-order valence-electron chi connectivity index (χ1n) is 6.24. The molecule has 3 rings (SSSR count). The third-order valence-corrected chi connectivity index (χ3v) is 4.34. The summed E-state index contributed by atoms with van der Waals surface area (Å²) < 4.78 is 5.55. The van der Waals surface area contributed by atoms with Crippen molar-refractivity contribution in [1.29, 1.82) is 0 Å². The molecule has 3 heterocycles. The molecule has 0 unspecified atom stereocenters. The Morgan fingerprint density at radius 1 is 1.63 bits per heavy atom. The highest BCUT2D eigenvalue weighted by atomic mass is 32.1. The second-order valence-corrected chi connectivity index (χ2v) is 5.92. The van der Waals surface area contributed by atoms with Crippen LogP contribution in [0.15, 0.2) is 23.2 Å².